The Bertz CT molecular complexity index is 1240. The minimum absolute atomic E-state index is 0.194. The van der Waals surface area contributed by atoms with Crippen LogP contribution in [0, 0.1) is 26.6 Å². The zero-order valence-corrected chi connectivity index (χ0v) is 19.8. The SMILES string of the molecule is Cc1cc(C)nc(C2(N3CCN(Cc4cc(F)ccc4C)CC3)C(=O)c3ccccc3C2=O)c1. The first-order valence-corrected chi connectivity index (χ1v) is 11.7. The molecule has 1 aliphatic heterocycles. The molecule has 1 fully saturated rings. The van der Waals surface area contributed by atoms with E-state index in [1.165, 1.54) is 6.07 Å². The highest BCUT2D eigenvalue weighted by Gasteiger charge is 2.59. The van der Waals surface area contributed by atoms with Crippen molar-refractivity contribution in [3.63, 3.8) is 0 Å². The van der Waals surface area contributed by atoms with Gasteiger partial charge >= 0.3 is 0 Å². The topological polar surface area (TPSA) is 53.5 Å². The molecule has 2 heterocycles. The first-order valence-electron chi connectivity index (χ1n) is 11.7. The van der Waals surface area contributed by atoms with E-state index in [4.69, 9.17) is 4.98 Å². The average Bonchev–Trinajstić information content (AvgIpc) is 3.04. The molecule has 0 unspecified atom stereocenters. The number of Topliss-reactive ketones (excluding diaryl/α,β-unsaturated/α-hetero) is 2. The lowest BCUT2D eigenvalue weighted by atomic mass is 9.85. The standard InChI is InChI=1S/C28H28FN3O2/c1-18-14-20(3)30-25(15-18)28(26(33)23-6-4-5-7-24(23)27(28)34)32-12-10-31(11-13-32)17-21-16-22(29)9-8-19(21)2/h4-9,14-16H,10-13,17H2,1-3H3. The molecule has 1 aromatic heterocycles. The first kappa shape index (κ1) is 22.6. The zero-order chi connectivity index (χ0) is 24.0. The molecular formula is C28H28FN3O2. The minimum Gasteiger partial charge on any atom is -0.297 e. The van der Waals surface area contributed by atoms with E-state index in [9.17, 15) is 14.0 Å². The third-order valence-corrected chi connectivity index (χ3v) is 7.09. The third-order valence-electron chi connectivity index (χ3n) is 7.09. The number of halogens is 1. The molecule has 6 heteroatoms. The lowest BCUT2D eigenvalue weighted by Gasteiger charge is -2.43. The number of aromatic nitrogens is 1. The monoisotopic (exact) mass is 457 g/mol. The Morgan fingerprint density at radius 3 is 2.15 bits per heavy atom. The van der Waals surface area contributed by atoms with Crippen LogP contribution in [0.5, 0.6) is 0 Å². The molecule has 0 amide bonds. The van der Waals surface area contributed by atoms with Crippen molar-refractivity contribution in [3.05, 3.63) is 99.6 Å². The van der Waals surface area contributed by atoms with E-state index in [0.29, 0.717) is 49.5 Å². The minimum atomic E-state index is -1.44. The van der Waals surface area contributed by atoms with Crippen molar-refractivity contribution in [1.29, 1.82) is 0 Å². The van der Waals surface area contributed by atoms with Crippen LogP contribution >= 0.6 is 0 Å². The van der Waals surface area contributed by atoms with Gasteiger partial charge in [-0.2, -0.15) is 0 Å². The third kappa shape index (κ3) is 3.58. The lowest BCUT2D eigenvalue weighted by Crippen LogP contribution is -2.60. The van der Waals surface area contributed by atoms with Gasteiger partial charge in [-0.3, -0.25) is 24.4 Å². The summed E-state index contributed by atoms with van der Waals surface area (Å²) >= 11 is 0. The summed E-state index contributed by atoms with van der Waals surface area (Å²) in [5.41, 5.74) is 3.75. The molecule has 0 saturated carbocycles. The Kier molecular flexibility index (Phi) is 5.66. The number of hydrogen-bond donors (Lipinski definition) is 0. The molecular weight excluding hydrogens is 429 g/mol. The van der Waals surface area contributed by atoms with Gasteiger partial charge in [-0.15, -0.1) is 0 Å². The molecule has 0 atom stereocenters. The number of nitrogens with zero attached hydrogens (tertiary/aromatic N) is 3. The Labute approximate surface area is 199 Å². The van der Waals surface area contributed by atoms with Gasteiger partial charge in [0.1, 0.15) is 5.82 Å². The summed E-state index contributed by atoms with van der Waals surface area (Å²) < 4.78 is 13.8. The number of rotatable bonds is 4. The van der Waals surface area contributed by atoms with E-state index >= 15 is 0 Å². The Morgan fingerprint density at radius 2 is 1.53 bits per heavy atom. The smallest absolute Gasteiger partial charge is 0.198 e. The highest BCUT2D eigenvalue weighted by molar-refractivity contribution is 6.32. The number of pyridine rings is 1. The Morgan fingerprint density at radius 1 is 0.882 bits per heavy atom. The van der Waals surface area contributed by atoms with E-state index in [0.717, 1.165) is 22.4 Å². The van der Waals surface area contributed by atoms with E-state index in [1.807, 2.05) is 37.8 Å². The largest absolute Gasteiger partial charge is 0.297 e. The van der Waals surface area contributed by atoms with Crippen molar-refractivity contribution < 1.29 is 14.0 Å². The number of carbonyl (C=O) groups is 2. The summed E-state index contributed by atoms with van der Waals surface area (Å²) in [6, 6.07) is 15.8. The molecule has 0 radical (unpaired) electrons. The molecule has 5 nitrogen and oxygen atoms in total. The van der Waals surface area contributed by atoms with Gasteiger partial charge in [-0.25, -0.2) is 4.39 Å². The molecule has 0 bridgehead atoms. The van der Waals surface area contributed by atoms with E-state index < -0.39 is 5.54 Å². The molecule has 2 aliphatic rings. The molecule has 3 aromatic rings. The summed E-state index contributed by atoms with van der Waals surface area (Å²) in [5, 5.41) is 0. The lowest BCUT2D eigenvalue weighted by molar-refractivity contribution is 0.0266. The average molecular weight is 458 g/mol. The molecule has 34 heavy (non-hydrogen) atoms. The van der Waals surface area contributed by atoms with Gasteiger partial charge in [0.05, 0.1) is 5.69 Å². The molecule has 1 saturated heterocycles. The highest BCUT2D eigenvalue weighted by Crippen LogP contribution is 2.42. The second-order valence-electron chi connectivity index (χ2n) is 9.42. The van der Waals surface area contributed by atoms with Gasteiger partial charge in [0.2, 0.25) is 0 Å². The van der Waals surface area contributed by atoms with Gasteiger partial charge in [-0.05, 0) is 61.7 Å². The summed E-state index contributed by atoms with van der Waals surface area (Å²) in [7, 11) is 0. The number of piperazine rings is 1. The molecule has 2 aromatic carbocycles. The second kappa shape index (κ2) is 8.53. The first-order chi connectivity index (χ1) is 16.3. The maximum absolute atomic E-state index is 13.9. The van der Waals surface area contributed by atoms with Crippen LogP contribution in [-0.4, -0.2) is 52.5 Å². The summed E-state index contributed by atoms with van der Waals surface area (Å²) in [4.78, 5) is 36.9. The number of ketones is 2. The maximum atomic E-state index is 13.9. The fourth-order valence-corrected chi connectivity index (χ4v) is 5.37. The normalized spacial score (nSPS) is 18.4. The Balaban J connectivity index is 1.49. The molecule has 0 N–H and O–H groups in total. The van der Waals surface area contributed by atoms with E-state index in [2.05, 4.69) is 4.90 Å². The molecule has 0 spiro atoms. The van der Waals surface area contributed by atoms with Gasteiger partial charge in [-0.1, -0.05) is 30.3 Å². The van der Waals surface area contributed by atoms with E-state index in [1.54, 1.807) is 36.4 Å². The zero-order valence-electron chi connectivity index (χ0n) is 19.8. The molecule has 5 rings (SSSR count). The number of benzene rings is 2. The van der Waals surface area contributed by atoms with Crippen molar-refractivity contribution in [2.75, 3.05) is 26.2 Å². The van der Waals surface area contributed by atoms with Crippen LogP contribution in [-0.2, 0) is 12.1 Å². The van der Waals surface area contributed by atoms with Crippen LogP contribution in [0.2, 0.25) is 0 Å². The van der Waals surface area contributed by atoms with Crippen molar-refractivity contribution in [3.8, 4) is 0 Å². The second-order valence-corrected chi connectivity index (χ2v) is 9.42. The van der Waals surface area contributed by atoms with Crippen molar-refractivity contribution in [2.24, 2.45) is 0 Å². The maximum Gasteiger partial charge on any atom is 0.198 e. The van der Waals surface area contributed by atoms with Crippen molar-refractivity contribution in [2.45, 2.75) is 32.9 Å². The van der Waals surface area contributed by atoms with Crippen LogP contribution in [0.25, 0.3) is 0 Å². The van der Waals surface area contributed by atoms with Crippen LogP contribution in [0.15, 0.2) is 54.6 Å². The number of carbonyl (C=O) groups excluding carboxylic acids is 2. The molecule has 1 aliphatic carbocycles. The predicted molar refractivity (Wildman–Crippen MR) is 128 cm³/mol. The summed E-state index contributed by atoms with van der Waals surface area (Å²) in [6.07, 6.45) is 0. The predicted octanol–water partition coefficient (Wildman–Crippen LogP) is 4.24. The Hall–Kier alpha value is -3.22. The number of aryl methyl sites for hydroxylation is 3. The van der Waals surface area contributed by atoms with Gasteiger partial charge in [0.15, 0.2) is 17.1 Å². The van der Waals surface area contributed by atoms with Crippen molar-refractivity contribution >= 4 is 11.6 Å². The van der Waals surface area contributed by atoms with E-state index in [-0.39, 0.29) is 17.4 Å². The fraction of sp³-hybridized carbons (Fsp3) is 0.321. The van der Waals surface area contributed by atoms with Crippen LogP contribution in [0.1, 0.15) is 48.8 Å². The quantitative estimate of drug-likeness (QED) is 0.549. The van der Waals surface area contributed by atoms with Crippen LogP contribution in [0.3, 0.4) is 0 Å². The molecule has 174 valence electrons. The van der Waals surface area contributed by atoms with Gasteiger partial charge in [0.25, 0.3) is 0 Å². The van der Waals surface area contributed by atoms with Crippen LogP contribution in [0.4, 0.5) is 4.39 Å². The van der Waals surface area contributed by atoms with Gasteiger partial charge < -0.3 is 0 Å². The number of hydrogen-bond acceptors (Lipinski definition) is 5. The number of fused-ring (bicyclic) bond motifs is 1. The van der Waals surface area contributed by atoms with Crippen LogP contribution < -0.4 is 0 Å². The summed E-state index contributed by atoms with van der Waals surface area (Å²) in [5.74, 6) is -0.626. The van der Waals surface area contributed by atoms with Crippen molar-refractivity contribution in [1.82, 2.24) is 14.8 Å². The van der Waals surface area contributed by atoms with Gasteiger partial charge in [0, 0.05) is 49.5 Å². The fourth-order valence-electron chi connectivity index (χ4n) is 5.37. The summed E-state index contributed by atoms with van der Waals surface area (Å²) in [6.45, 7) is 8.87. The highest BCUT2D eigenvalue weighted by atomic mass is 19.1.